The van der Waals surface area contributed by atoms with E-state index in [0.29, 0.717) is 19.3 Å². The Hall–Kier alpha value is -2.30. The summed E-state index contributed by atoms with van der Waals surface area (Å²) in [5, 5.41) is 9.80. The van der Waals surface area contributed by atoms with Crippen LogP contribution in [0.25, 0.3) is 0 Å². The number of hydrogen-bond donors (Lipinski definition) is 2. The topological polar surface area (TPSA) is 155 Å². The SMILES string of the molecule is CCCCC/C=C\C/C=C\CCCCCCCCCCCC(=O)OC(COC(=O)CCCCCCCCCCC)COP(=O)(O)OCC(CO)OC(=O)CCCCCCC/C=C\CCCCCCCC. The molecular weight excluding hydrogens is 904 g/mol. The quantitative estimate of drug-likeness (QED) is 0.0197. The number of ether oxygens (including phenoxy) is 3. The van der Waals surface area contributed by atoms with E-state index in [1.165, 1.54) is 128 Å². The summed E-state index contributed by atoms with van der Waals surface area (Å²) in [6.07, 6.45) is 53.9. The first-order valence-electron chi connectivity index (χ1n) is 28.9. The van der Waals surface area contributed by atoms with Gasteiger partial charge in [-0.05, 0) is 77.0 Å². The van der Waals surface area contributed by atoms with Gasteiger partial charge in [-0.15, -0.1) is 0 Å². The minimum atomic E-state index is -4.74. The van der Waals surface area contributed by atoms with Crippen molar-refractivity contribution in [3.05, 3.63) is 36.5 Å². The Bertz CT molecular complexity index is 1320. The summed E-state index contributed by atoms with van der Waals surface area (Å²) in [4.78, 5) is 48.4. The molecule has 0 amide bonds. The third-order valence-corrected chi connectivity index (χ3v) is 13.5. The first-order chi connectivity index (χ1) is 34.2. The monoisotopic (exact) mass is 1010 g/mol. The molecule has 0 aromatic heterocycles. The van der Waals surface area contributed by atoms with Crippen molar-refractivity contribution in [1.82, 2.24) is 0 Å². The van der Waals surface area contributed by atoms with Crippen LogP contribution in [-0.2, 0) is 42.2 Å². The van der Waals surface area contributed by atoms with Gasteiger partial charge in [0.05, 0.1) is 19.8 Å². The molecule has 0 aromatic rings. The van der Waals surface area contributed by atoms with Crippen LogP contribution in [-0.4, -0.2) is 66.5 Å². The predicted molar refractivity (Wildman–Crippen MR) is 289 cm³/mol. The zero-order valence-electron chi connectivity index (χ0n) is 45.2. The fourth-order valence-corrected chi connectivity index (χ4v) is 8.87. The van der Waals surface area contributed by atoms with Crippen molar-refractivity contribution in [2.75, 3.05) is 26.4 Å². The van der Waals surface area contributed by atoms with Crippen LogP contribution < -0.4 is 0 Å². The largest absolute Gasteiger partial charge is 0.472 e. The molecule has 0 saturated heterocycles. The van der Waals surface area contributed by atoms with Crippen LogP contribution >= 0.6 is 7.82 Å². The molecular formula is C58H107O11P. The fourth-order valence-electron chi connectivity index (χ4n) is 8.09. The number of esters is 3. The number of phosphoric acid groups is 1. The molecule has 0 fully saturated rings. The predicted octanol–water partition coefficient (Wildman–Crippen LogP) is 16.8. The van der Waals surface area contributed by atoms with Crippen molar-refractivity contribution in [2.24, 2.45) is 0 Å². The highest BCUT2D eigenvalue weighted by molar-refractivity contribution is 7.47. The number of hydrogen-bond acceptors (Lipinski definition) is 10. The number of rotatable bonds is 54. The number of aliphatic hydroxyl groups is 1. The van der Waals surface area contributed by atoms with Gasteiger partial charge in [0.2, 0.25) is 0 Å². The summed E-state index contributed by atoms with van der Waals surface area (Å²) in [6, 6.07) is 0. The molecule has 12 heteroatoms. The van der Waals surface area contributed by atoms with Crippen LogP contribution in [0.5, 0.6) is 0 Å². The van der Waals surface area contributed by atoms with Gasteiger partial charge in [0.1, 0.15) is 12.7 Å². The van der Waals surface area contributed by atoms with E-state index in [1.54, 1.807) is 0 Å². The highest BCUT2D eigenvalue weighted by Crippen LogP contribution is 2.43. The minimum absolute atomic E-state index is 0.166. The van der Waals surface area contributed by atoms with Crippen molar-refractivity contribution >= 4 is 25.7 Å². The number of carbonyl (C=O) groups is 3. The minimum Gasteiger partial charge on any atom is -0.462 e. The van der Waals surface area contributed by atoms with Crippen molar-refractivity contribution in [1.29, 1.82) is 0 Å². The summed E-state index contributed by atoms with van der Waals surface area (Å²) in [5.41, 5.74) is 0. The maximum atomic E-state index is 12.9. The first kappa shape index (κ1) is 67.7. The first-order valence-corrected chi connectivity index (χ1v) is 30.4. The molecule has 11 nitrogen and oxygen atoms in total. The summed E-state index contributed by atoms with van der Waals surface area (Å²) in [6.45, 7) is 4.61. The maximum absolute atomic E-state index is 12.9. The molecule has 0 heterocycles. The maximum Gasteiger partial charge on any atom is 0.472 e. The van der Waals surface area contributed by atoms with E-state index in [0.717, 1.165) is 89.9 Å². The number of phosphoric ester groups is 1. The van der Waals surface area contributed by atoms with Crippen LogP contribution in [0.1, 0.15) is 278 Å². The number of aliphatic hydroxyl groups excluding tert-OH is 1. The molecule has 0 saturated carbocycles. The van der Waals surface area contributed by atoms with E-state index in [1.807, 2.05) is 0 Å². The smallest absolute Gasteiger partial charge is 0.462 e. The van der Waals surface area contributed by atoms with Crippen LogP contribution in [0.3, 0.4) is 0 Å². The second kappa shape index (κ2) is 53.0. The lowest BCUT2D eigenvalue weighted by Crippen LogP contribution is -2.30. The molecule has 0 aliphatic carbocycles. The van der Waals surface area contributed by atoms with Gasteiger partial charge >= 0.3 is 25.7 Å². The summed E-state index contributed by atoms with van der Waals surface area (Å²) < 4.78 is 39.4. The molecule has 3 atom stereocenters. The molecule has 0 aliphatic rings. The van der Waals surface area contributed by atoms with Crippen LogP contribution in [0.2, 0.25) is 0 Å². The van der Waals surface area contributed by atoms with E-state index in [4.69, 9.17) is 23.3 Å². The third kappa shape index (κ3) is 50.6. The normalized spacial score (nSPS) is 13.6. The number of carbonyl (C=O) groups excluding carboxylic acids is 3. The van der Waals surface area contributed by atoms with Crippen molar-refractivity contribution < 1.29 is 52.2 Å². The van der Waals surface area contributed by atoms with Crippen molar-refractivity contribution in [3.8, 4) is 0 Å². The average Bonchev–Trinajstić information content (AvgIpc) is 3.35. The van der Waals surface area contributed by atoms with Gasteiger partial charge in [-0.3, -0.25) is 23.4 Å². The fraction of sp³-hybridized carbons (Fsp3) is 0.845. The summed E-state index contributed by atoms with van der Waals surface area (Å²) in [7, 11) is -4.74. The van der Waals surface area contributed by atoms with Gasteiger partial charge in [0, 0.05) is 19.3 Å². The molecule has 3 unspecified atom stereocenters. The molecule has 0 bridgehead atoms. The van der Waals surface area contributed by atoms with Crippen LogP contribution in [0, 0.1) is 0 Å². The van der Waals surface area contributed by atoms with Gasteiger partial charge < -0.3 is 24.2 Å². The average molecular weight is 1010 g/mol. The van der Waals surface area contributed by atoms with E-state index in [9.17, 15) is 28.9 Å². The second-order valence-electron chi connectivity index (χ2n) is 19.5. The summed E-state index contributed by atoms with van der Waals surface area (Å²) in [5.74, 6) is -1.46. The third-order valence-electron chi connectivity index (χ3n) is 12.5. The standard InChI is InChI=1S/C58H107O11P/c1-4-7-10-13-16-19-21-23-25-26-27-28-30-32-34-37-40-43-46-49-58(62)69-55(51-65-56(60)47-44-41-38-35-18-15-12-9-6-3)53-67-70(63,64)66-52-54(50-59)68-57(61)48-45-42-39-36-33-31-29-24-22-20-17-14-11-8-5-2/h16,19,23-25,29,54-55,59H,4-15,17-18,20-22,26-28,30-53H2,1-3H3,(H,63,64)/b19-16-,25-23-,29-24-. The Kier molecular flexibility index (Phi) is 51.3. The molecule has 0 spiro atoms. The van der Waals surface area contributed by atoms with E-state index < -0.39 is 57.8 Å². The Morgan fingerprint density at radius 3 is 1.10 bits per heavy atom. The van der Waals surface area contributed by atoms with Gasteiger partial charge in [-0.25, -0.2) is 4.57 Å². The van der Waals surface area contributed by atoms with Crippen molar-refractivity contribution in [2.45, 2.75) is 290 Å². The lowest BCUT2D eigenvalue weighted by atomic mass is 10.1. The second-order valence-corrected chi connectivity index (χ2v) is 20.9. The molecule has 410 valence electrons. The van der Waals surface area contributed by atoms with E-state index in [-0.39, 0.29) is 25.9 Å². The lowest BCUT2D eigenvalue weighted by Gasteiger charge is -2.21. The highest BCUT2D eigenvalue weighted by atomic mass is 31.2. The van der Waals surface area contributed by atoms with Gasteiger partial charge in [0.15, 0.2) is 6.10 Å². The Labute approximate surface area is 429 Å². The number of unbranched alkanes of at least 4 members (excludes halogenated alkanes) is 31. The van der Waals surface area contributed by atoms with E-state index >= 15 is 0 Å². The lowest BCUT2D eigenvalue weighted by molar-refractivity contribution is -0.161. The molecule has 2 N–H and O–H groups in total. The zero-order valence-corrected chi connectivity index (χ0v) is 46.1. The van der Waals surface area contributed by atoms with Crippen molar-refractivity contribution in [3.63, 3.8) is 0 Å². The Morgan fingerprint density at radius 2 is 0.700 bits per heavy atom. The summed E-state index contributed by atoms with van der Waals surface area (Å²) >= 11 is 0. The molecule has 0 rings (SSSR count). The van der Waals surface area contributed by atoms with Gasteiger partial charge in [-0.1, -0.05) is 218 Å². The molecule has 0 aliphatic heterocycles. The Morgan fingerprint density at radius 1 is 0.400 bits per heavy atom. The van der Waals surface area contributed by atoms with Crippen LogP contribution in [0.15, 0.2) is 36.5 Å². The van der Waals surface area contributed by atoms with Gasteiger partial charge in [0.25, 0.3) is 0 Å². The zero-order chi connectivity index (χ0) is 51.3. The molecule has 0 radical (unpaired) electrons. The molecule has 0 aromatic carbocycles. The van der Waals surface area contributed by atoms with Gasteiger partial charge in [-0.2, -0.15) is 0 Å². The Balaban J connectivity index is 4.62. The highest BCUT2D eigenvalue weighted by Gasteiger charge is 2.28. The van der Waals surface area contributed by atoms with E-state index in [2.05, 4.69) is 57.2 Å². The molecule has 70 heavy (non-hydrogen) atoms. The van der Waals surface area contributed by atoms with Crippen LogP contribution in [0.4, 0.5) is 0 Å². The number of allylic oxidation sites excluding steroid dienone is 6.